The van der Waals surface area contributed by atoms with Crippen LogP contribution in [0, 0.1) is 0 Å². The molecule has 0 radical (unpaired) electrons. The summed E-state index contributed by atoms with van der Waals surface area (Å²) in [7, 11) is 1.73. The Labute approximate surface area is 111 Å². The van der Waals surface area contributed by atoms with Gasteiger partial charge in [0, 0.05) is 7.05 Å². The Balaban J connectivity index is 2.03. The summed E-state index contributed by atoms with van der Waals surface area (Å²) in [6, 6.07) is 3.55. The molecule has 3 rings (SSSR count). The molecule has 1 aliphatic rings. The number of hydrogen-bond acceptors (Lipinski definition) is 5. The van der Waals surface area contributed by atoms with Crippen molar-refractivity contribution in [2.24, 2.45) is 7.05 Å². The number of aliphatic hydroxyl groups is 1. The number of fused-ring (bicyclic) bond motifs is 1. The number of aromatic nitrogens is 3. The maximum atomic E-state index is 10.3. The molecule has 0 amide bonds. The summed E-state index contributed by atoms with van der Waals surface area (Å²) in [5, 5.41) is 17.8. The summed E-state index contributed by atoms with van der Waals surface area (Å²) < 4.78 is 12.9. The van der Waals surface area contributed by atoms with Crippen LogP contribution >= 0.6 is 15.9 Å². The second-order valence-electron chi connectivity index (χ2n) is 3.92. The van der Waals surface area contributed by atoms with Crippen molar-refractivity contribution in [2.45, 2.75) is 6.10 Å². The summed E-state index contributed by atoms with van der Waals surface area (Å²) in [5.41, 5.74) is 1.30. The molecular formula is C11H10BrN3O3. The highest BCUT2D eigenvalue weighted by Crippen LogP contribution is 2.41. The monoisotopic (exact) mass is 311 g/mol. The fraction of sp³-hybridized carbons (Fsp3) is 0.273. The van der Waals surface area contributed by atoms with Crippen LogP contribution in [0.1, 0.15) is 17.4 Å². The van der Waals surface area contributed by atoms with Crippen LogP contribution in [-0.4, -0.2) is 26.9 Å². The van der Waals surface area contributed by atoms with Crippen LogP contribution in [0.4, 0.5) is 0 Å². The highest BCUT2D eigenvalue weighted by atomic mass is 79.9. The van der Waals surface area contributed by atoms with Crippen molar-refractivity contribution in [1.82, 2.24) is 15.0 Å². The van der Waals surface area contributed by atoms with E-state index in [0.29, 0.717) is 22.8 Å². The van der Waals surface area contributed by atoms with Crippen LogP contribution in [0.25, 0.3) is 0 Å². The summed E-state index contributed by atoms with van der Waals surface area (Å²) in [6.45, 7) is 0.195. The molecule has 0 aliphatic carbocycles. The standard InChI is InChI=1S/C11H10BrN3O3/c1-15-8(4-13-14-15)10(16)6-2-7(12)11-9(3-6)17-5-18-11/h2-4,10,16H,5H2,1H3. The Morgan fingerprint density at radius 3 is 3.00 bits per heavy atom. The number of nitrogens with zero attached hydrogens (tertiary/aromatic N) is 3. The molecule has 0 spiro atoms. The molecule has 0 bridgehead atoms. The van der Waals surface area contributed by atoms with Crippen LogP contribution in [0.2, 0.25) is 0 Å². The molecule has 1 aromatic carbocycles. The van der Waals surface area contributed by atoms with Gasteiger partial charge < -0.3 is 14.6 Å². The normalized spacial score (nSPS) is 14.8. The second-order valence-corrected chi connectivity index (χ2v) is 4.78. The number of benzene rings is 1. The van der Waals surface area contributed by atoms with E-state index in [1.807, 2.05) is 0 Å². The van der Waals surface area contributed by atoms with Crippen molar-refractivity contribution in [3.63, 3.8) is 0 Å². The van der Waals surface area contributed by atoms with Gasteiger partial charge in [0.15, 0.2) is 11.5 Å². The van der Waals surface area contributed by atoms with E-state index in [1.165, 1.54) is 10.9 Å². The van der Waals surface area contributed by atoms with Crippen molar-refractivity contribution in [1.29, 1.82) is 0 Å². The zero-order valence-electron chi connectivity index (χ0n) is 9.50. The minimum absolute atomic E-state index is 0.195. The van der Waals surface area contributed by atoms with E-state index >= 15 is 0 Å². The van der Waals surface area contributed by atoms with E-state index < -0.39 is 6.10 Å². The minimum atomic E-state index is -0.809. The van der Waals surface area contributed by atoms with Crippen molar-refractivity contribution in [3.05, 3.63) is 34.1 Å². The zero-order chi connectivity index (χ0) is 12.7. The Morgan fingerprint density at radius 1 is 1.44 bits per heavy atom. The summed E-state index contributed by atoms with van der Waals surface area (Å²) in [5.74, 6) is 1.28. The lowest BCUT2D eigenvalue weighted by Crippen LogP contribution is -2.06. The van der Waals surface area contributed by atoms with Gasteiger partial charge in [-0.3, -0.25) is 0 Å². The van der Waals surface area contributed by atoms with Gasteiger partial charge in [-0.05, 0) is 33.6 Å². The molecule has 2 heterocycles. The molecule has 1 N–H and O–H groups in total. The Morgan fingerprint density at radius 2 is 2.28 bits per heavy atom. The van der Waals surface area contributed by atoms with Crippen molar-refractivity contribution >= 4 is 15.9 Å². The number of rotatable bonds is 2. The van der Waals surface area contributed by atoms with Gasteiger partial charge in [-0.15, -0.1) is 5.10 Å². The first-order valence-electron chi connectivity index (χ1n) is 5.28. The van der Waals surface area contributed by atoms with Crippen LogP contribution in [0.5, 0.6) is 11.5 Å². The van der Waals surface area contributed by atoms with Gasteiger partial charge in [0.2, 0.25) is 6.79 Å². The zero-order valence-corrected chi connectivity index (χ0v) is 11.1. The lowest BCUT2D eigenvalue weighted by Gasteiger charge is -2.12. The Bertz CT molecular complexity index is 599. The number of aliphatic hydroxyl groups excluding tert-OH is 1. The maximum Gasteiger partial charge on any atom is 0.231 e. The Kier molecular flexibility index (Phi) is 2.71. The average molecular weight is 312 g/mol. The van der Waals surface area contributed by atoms with Gasteiger partial charge in [0.1, 0.15) is 6.10 Å². The molecule has 1 unspecified atom stereocenters. The lowest BCUT2D eigenvalue weighted by molar-refractivity contribution is 0.173. The number of ether oxygens (including phenoxy) is 2. The SMILES string of the molecule is Cn1nncc1C(O)c1cc(Br)c2c(c1)OCO2. The quantitative estimate of drug-likeness (QED) is 0.907. The molecule has 0 fully saturated rings. The first-order valence-corrected chi connectivity index (χ1v) is 6.08. The summed E-state index contributed by atoms with van der Waals surface area (Å²) in [4.78, 5) is 0. The van der Waals surface area contributed by atoms with Gasteiger partial charge in [-0.2, -0.15) is 0 Å². The molecule has 2 aromatic rings. The number of aryl methyl sites for hydroxylation is 1. The predicted octanol–water partition coefficient (Wildman–Crippen LogP) is 1.39. The van der Waals surface area contributed by atoms with E-state index in [1.54, 1.807) is 19.2 Å². The van der Waals surface area contributed by atoms with Gasteiger partial charge >= 0.3 is 0 Å². The molecule has 18 heavy (non-hydrogen) atoms. The predicted molar refractivity (Wildman–Crippen MR) is 65.3 cm³/mol. The van der Waals surface area contributed by atoms with Gasteiger partial charge in [0.05, 0.1) is 16.4 Å². The number of halogens is 1. The van der Waals surface area contributed by atoms with Crippen LogP contribution in [0.3, 0.4) is 0 Å². The fourth-order valence-electron chi connectivity index (χ4n) is 1.86. The van der Waals surface area contributed by atoms with E-state index in [0.717, 1.165) is 4.47 Å². The molecule has 6 nitrogen and oxygen atoms in total. The maximum absolute atomic E-state index is 10.3. The first kappa shape index (κ1) is 11.5. The van der Waals surface area contributed by atoms with E-state index in [4.69, 9.17) is 9.47 Å². The third kappa shape index (κ3) is 1.75. The van der Waals surface area contributed by atoms with E-state index in [2.05, 4.69) is 26.2 Å². The lowest BCUT2D eigenvalue weighted by atomic mass is 10.1. The fourth-order valence-corrected chi connectivity index (χ4v) is 2.44. The van der Waals surface area contributed by atoms with Crippen LogP contribution < -0.4 is 9.47 Å². The molecule has 7 heteroatoms. The summed E-state index contributed by atoms with van der Waals surface area (Å²) in [6.07, 6.45) is 0.721. The molecule has 94 valence electrons. The minimum Gasteiger partial charge on any atom is -0.454 e. The van der Waals surface area contributed by atoms with E-state index in [-0.39, 0.29) is 6.79 Å². The molecule has 0 saturated carbocycles. The van der Waals surface area contributed by atoms with Crippen molar-refractivity contribution < 1.29 is 14.6 Å². The van der Waals surface area contributed by atoms with Crippen LogP contribution in [-0.2, 0) is 7.05 Å². The topological polar surface area (TPSA) is 69.4 Å². The van der Waals surface area contributed by atoms with E-state index in [9.17, 15) is 5.11 Å². The van der Waals surface area contributed by atoms with Crippen LogP contribution in [0.15, 0.2) is 22.8 Å². The first-order chi connectivity index (χ1) is 8.66. The highest BCUT2D eigenvalue weighted by Gasteiger charge is 2.22. The van der Waals surface area contributed by atoms with Gasteiger partial charge in [-0.1, -0.05) is 5.21 Å². The molecule has 1 atom stereocenters. The van der Waals surface area contributed by atoms with Gasteiger partial charge in [0.25, 0.3) is 0 Å². The smallest absolute Gasteiger partial charge is 0.231 e. The molecule has 1 aromatic heterocycles. The second kappa shape index (κ2) is 4.25. The van der Waals surface area contributed by atoms with Crippen molar-refractivity contribution in [3.8, 4) is 11.5 Å². The van der Waals surface area contributed by atoms with Crippen molar-refractivity contribution in [2.75, 3.05) is 6.79 Å². The highest BCUT2D eigenvalue weighted by molar-refractivity contribution is 9.10. The Hall–Kier alpha value is -1.60. The average Bonchev–Trinajstić information content (AvgIpc) is 2.96. The molecule has 1 aliphatic heterocycles. The molecular weight excluding hydrogens is 302 g/mol. The number of hydrogen-bond donors (Lipinski definition) is 1. The largest absolute Gasteiger partial charge is 0.454 e. The van der Waals surface area contributed by atoms with Gasteiger partial charge in [-0.25, -0.2) is 4.68 Å². The third-order valence-electron chi connectivity index (χ3n) is 2.79. The third-order valence-corrected chi connectivity index (χ3v) is 3.38. The molecule has 0 saturated heterocycles. The summed E-state index contributed by atoms with van der Waals surface area (Å²) >= 11 is 3.39.